The molecule has 0 saturated carbocycles. The summed E-state index contributed by atoms with van der Waals surface area (Å²) in [4.78, 5) is 19.3. The van der Waals surface area contributed by atoms with Gasteiger partial charge in [0, 0.05) is 25.1 Å². The molecule has 0 radical (unpaired) electrons. The maximum absolute atomic E-state index is 10.6. The second-order valence-electron chi connectivity index (χ2n) is 3.88. The molecule has 0 aromatic carbocycles. The Hall–Kier alpha value is -1.74. The lowest BCUT2D eigenvalue weighted by molar-refractivity contribution is -0.192. The van der Waals surface area contributed by atoms with Crippen LogP contribution in [0.2, 0.25) is 0 Å². The van der Waals surface area contributed by atoms with Gasteiger partial charge in [-0.05, 0) is 26.6 Å². The van der Waals surface area contributed by atoms with E-state index in [1.54, 1.807) is 18.6 Å². The summed E-state index contributed by atoms with van der Waals surface area (Å²) in [5.41, 5.74) is 6.42. The summed E-state index contributed by atoms with van der Waals surface area (Å²) in [6, 6.07) is 0. The molecule has 6 nitrogen and oxygen atoms in total. The number of nitrogens with zero attached hydrogens (tertiary/aromatic N) is 3. The Labute approximate surface area is 114 Å². The molecule has 1 aromatic heterocycles. The molecule has 0 saturated heterocycles. The fourth-order valence-corrected chi connectivity index (χ4v) is 1.13. The molecule has 1 rings (SSSR count). The standard InChI is InChI=1S/C9H16N4.C2HF3O2/c1-13(6-2-3-10)8-9-7-11-4-5-12-9;3-2(4,5)1(6)7/h4-5,7H,2-3,6,8,10H2,1H3;(H,6,7). The average molecular weight is 294 g/mol. The first-order valence-corrected chi connectivity index (χ1v) is 5.71. The van der Waals surface area contributed by atoms with Gasteiger partial charge in [-0.1, -0.05) is 0 Å². The van der Waals surface area contributed by atoms with Crippen LogP contribution in [0.5, 0.6) is 0 Å². The van der Waals surface area contributed by atoms with Gasteiger partial charge < -0.3 is 15.7 Å². The van der Waals surface area contributed by atoms with Gasteiger partial charge in [0.15, 0.2) is 0 Å². The number of rotatable bonds is 5. The third kappa shape index (κ3) is 9.22. The molecule has 0 spiro atoms. The summed E-state index contributed by atoms with van der Waals surface area (Å²) in [7, 11) is 2.06. The van der Waals surface area contributed by atoms with Gasteiger partial charge in [-0.25, -0.2) is 4.79 Å². The average Bonchev–Trinajstić information content (AvgIpc) is 2.37. The lowest BCUT2D eigenvalue weighted by atomic mass is 10.3. The Bertz CT molecular complexity index is 387. The second kappa shape index (κ2) is 9.21. The number of carbonyl (C=O) groups is 1. The molecule has 20 heavy (non-hydrogen) atoms. The Balaban J connectivity index is 0.000000441. The number of carboxylic acid groups (broad SMARTS) is 1. The zero-order valence-corrected chi connectivity index (χ0v) is 11.0. The Kier molecular flexibility index (Phi) is 8.41. The van der Waals surface area contributed by atoms with Gasteiger partial charge in [0.05, 0.1) is 5.69 Å². The summed E-state index contributed by atoms with van der Waals surface area (Å²) in [5, 5.41) is 7.12. The predicted molar refractivity (Wildman–Crippen MR) is 65.7 cm³/mol. The third-order valence-corrected chi connectivity index (χ3v) is 2.04. The molecule has 1 aromatic rings. The van der Waals surface area contributed by atoms with Gasteiger partial charge >= 0.3 is 12.1 Å². The van der Waals surface area contributed by atoms with Crippen molar-refractivity contribution in [1.82, 2.24) is 14.9 Å². The van der Waals surface area contributed by atoms with Crippen LogP contribution in [0.15, 0.2) is 18.6 Å². The number of carboxylic acids is 1. The summed E-state index contributed by atoms with van der Waals surface area (Å²) in [6.45, 7) is 2.59. The van der Waals surface area contributed by atoms with E-state index in [4.69, 9.17) is 15.6 Å². The van der Waals surface area contributed by atoms with Crippen LogP contribution >= 0.6 is 0 Å². The second-order valence-corrected chi connectivity index (χ2v) is 3.88. The lowest BCUT2D eigenvalue weighted by Gasteiger charge is -2.14. The third-order valence-electron chi connectivity index (χ3n) is 2.04. The van der Waals surface area contributed by atoms with E-state index in [0.29, 0.717) is 0 Å². The van der Waals surface area contributed by atoms with Gasteiger partial charge in [0.25, 0.3) is 0 Å². The van der Waals surface area contributed by atoms with Gasteiger partial charge in [0.1, 0.15) is 0 Å². The predicted octanol–water partition coefficient (Wildman–Crippen LogP) is 0.890. The van der Waals surface area contributed by atoms with Crippen molar-refractivity contribution in [2.24, 2.45) is 5.73 Å². The van der Waals surface area contributed by atoms with Crippen LogP contribution in [0, 0.1) is 0 Å². The number of halogens is 3. The summed E-state index contributed by atoms with van der Waals surface area (Å²) in [5.74, 6) is -2.76. The zero-order chi connectivity index (χ0) is 15.6. The number of hydrogen-bond acceptors (Lipinski definition) is 5. The molecule has 0 aliphatic rings. The number of aliphatic carboxylic acids is 1. The Morgan fingerprint density at radius 1 is 1.45 bits per heavy atom. The SMILES string of the molecule is CN(CCCN)Cc1cnccn1.O=C(O)C(F)(F)F. The van der Waals surface area contributed by atoms with Crippen molar-refractivity contribution in [3.63, 3.8) is 0 Å². The van der Waals surface area contributed by atoms with E-state index in [1.807, 2.05) is 0 Å². The van der Waals surface area contributed by atoms with Crippen LogP contribution in [0.4, 0.5) is 13.2 Å². The normalized spacial score (nSPS) is 10.9. The molecule has 0 aliphatic carbocycles. The minimum absolute atomic E-state index is 0.741. The topological polar surface area (TPSA) is 92.3 Å². The van der Waals surface area contributed by atoms with Crippen molar-refractivity contribution >= 4 is 5.97 Å². The van der Waals surface area contributed by atoms with E-state index in [1.165, 1.54) is 0 Å². The molecule has 9 heteroatoms. The molecule has 0 fully saturated rings. The maximum atomic E-state index is 10.6. The molecule has 0 amide bonds. The van der Waals surface area contributed by atoms with Crippen molar-refractivity contribution in [2.75, 3.05) is 20.1 Å². The summed E-state index contributed by atoms with van der Waals surface area (Å²) >= 11 is 0. The zero-order valence-electron chi connectivity index (χ0n) is 11.0. The van der Waals surface area contributed by atoms with E-state index >= 15 is 0 Å². The van der Waals surface area contributed by atoms with Crippen LogP contribution in [0.25, 0.3) is 0 Å². The van der Waals surface area contributed by atoms with Crippen molar-refractivity contribution in [1.29, 1.82) is 0 Å². The van der Waals surface area contributed by atoms with Crippen LogP contribution in [0.3, 0.4) is 0 Å². The molecule has 114 valence electrons. The number of alkyl halides is 3. The maximum Gasteiger partial charge on any atom is 0.490 e. The Morgan fingerprint density at radius 2 is 2.05 bits per heavy atom. The Morgan fingerprint density at radius 3 is 2.45 bits per heavy atom. The van der Waals surface area contributed by atoms with Crippen molar-refractivity contribution in [3.8, 4) is 0 Å². The van der Waals surface area contributed by atoms with Crippen LogP contribution < -0.4 is 5.73 Å². The molecule has 0 aliphatic heterocycles. The molecule has 0 unspecified atom stereocenters. The minimum Gasteiger partial charge on any atom is -0.475 e. The number of aromatic nitrogens is 2. The largest absolute Gasteiger partial charge is 0.490 e. The highest BCUT2D eigenvalue weighted by Gasteiger charge is 2.38. The fourth-order valence-electron chi connectivity index (χ4n) is 1.13. The molecule has 3 N–H and O–H groups in total. The van der Waals surface area contributed by atoms with E-state index in [-0.39, 0.29) is 0 Å². The molecular weight excluding hydrogens is 277 g/mol. The fraction of sp³-hybridized carbons (Fsp3) is 0.545. The van der Waals surface area contributed by atoms with Gasteiger partial charge in [-0.3, -0.25) is 9.97 Å². The highest BCUT2D eigenvalue weighted by Crippen LogP contribution is 2.13. The highest BCUT2D eigenvalue weighted by molar-refractivity contribution is 5.73. The van der Waals surface area contributed by atoms with E-state index in [0.717, 1.165) is 31.7 Å². The van der Waals surface area contributed by atoms with Crippen LogP contribution in [-0.2, 0) is 11.3 Å². The molecule has 1 heterocycles. The lowest BCUT2D eigenvalue weighted by Crippen LogP contribution is -2.21. The van der Waals surface area contributed by atoms with Gasteiger partial charge in [0.2, 0.25) is 0 Å². The van der Waals surface area contributed by atoms with Crippen LogP contribution in [0.1, 0.15) is 12.1 Å². The first kappa shape index (κ1) is 18.3. The van der Waals surface area contributed by atoms with Crippen molar-refractivity contribution in [2.45, 2.75) is 19.1 Å². The monoisotopic (exact) mass is 294 g/mol. The highest BCUT2D eigenvalue weighted by atomic mass is 19.4. The molecule has 0 bridgehead atoms. The number of nitrogens with two attached hydrogens (primary N) is 1. The summed E-state index contributed by atoms with van der Waals surface area (Å²) in [6.07, 6.45) is 1.13. The first-order chi connectivity index (χ1) is 9.27. The van der Waals surface area contributed by atoms with Crippen molar-refractivity contribution < 1.29 is 23.1 Å². The minimum atomic E-state index is -5.08. The molecular formula is C11H17F3N4O2. The van der Waals surface area contributed by atoms with E-state index in [2.05, 4.69) is 21.9 Å². The first-order valence-electron chi connectivity index (χ1n) is 5.71. The van der Waals surface area contributed by atoms with E-state index < -0.39 is 12.1 Å². The van der Waals surface area contributed by atoms with Crippen LogP contribution in [-0.4, -0.2) is 52.3 Å². The van der Waals surface area contributed by atoms with Crippen molar-refractivity contribution in [3.05, 3.63) is 24.3 Å². The summed E-state index contributed by atoms with van der Waals surface area (Å²) < 4.78 is 31.7. The van der Waals surface area contributed by atoms with Gasteiger partial charge in [-0.2, -0.15) is 13.2 Å². The molecule has 0 atom stereocenters. The quantitative estimate of drug-likeness (QED) is 0.838. The smallest absolute Gasteiger partial charge is 0.475 e. The number of hydrogen-bond donors (Lipinski definition) is 2. The van der Waals surface area contributed by atoms with Gasteiger partial charge in [-0.15, -0.1) is 0 Å². The van der Waals surface area contributed by atoms with E-state index in [9.17, 15) is 13.2 Å².